The highest BCUT2D eigenvalue weighted by Crippen LogP contribution is 2.23. The lowest BCUT2D eigenvalue weighted by atomic mass is 10.2. The molecule has 0 saturated carbocycles. The number of halogens is 1. The van der Waals surface area contributed by atoms with E-state index in [4.69, 9.17) is 21.1 Å². The fraction of sp³-hybridized carbons (Fsp3) is 0.160. The van der Waals surface area contributed by atoms with Crippen molar-refractivity contribution in [2.75, 3.05) is 6.61 Å². The molecule has 0 amide bonds. The molecule has 0 radical (unpaired) electrons. The van der Waals surface area contributed by atoms with E-state index in [1.165, 1.54) is 12.1 Å². The smallest absolute Gasteiger partial charge is 0.330 e. The van der Waals surface area contributed by atoms with E-state index in [0.717, 1.165) is 22.3 Å². The lowest BCUT2D eigenvalue weighted by Gasteiger charge is -2.09. The normalized spacial score (nSPS) is 11.2. The highest BCUT2D eigenvalue weighted by atomic mass is 35.5. The minimum Gasteiger partial charge on any atom is -0.487 e. The molecule has 8 heteroatoms. The molecule has 4 aromatic rings. The van der Waals surface area contributed by atoms with Crippen molar-refractivity contribution in [1.82, 2.24) is 14.1 Å². The molecule has 0 unspecified atom stereocenters. The summed E-state index contributed by atoms with van der Waals surface area (Å²) in [5, 5.41) is 1.55. The summed E-state index contributed by atoms with van der Waals surface area (Å²) >= 11 is 5.84. The fourth-order valence-electron chi connectivity index (χ4n) is 3.41. The molecule has 168 valence electrons. The Hall–Kier alpha value is -3.84. The molecule has 4 rings (SSSR count). The maximum atomic E-state index is 12.7. The van der Waals surface area contributed by atoms with Crippen molar-refractivity contribution in [1.29, 1.82) is 0 Å². The summed E-state index contributed by atoms with van der Waals surface area (Å²) in [4.78, 5) is 28.5. The first kappa shape index (κ1) is 22.4. The van der Waals surface area contributed by atoms with Crippen LogP contribution in [0.5, 0.6) is 5.75 Å². The van der Waals surface area contributed by atoms with Crippen LogP contribution in [0, 0.1) is 0 Å². The van der Waals surface area contributed by atoms with Crippen LogP contribution in [-0.2, 0) is 23.2 Å². The SMILES string of the molecule is CCOC(=O)C=Cc1cc2ccc(-n3ccc(OCc4ccc(Cl)cn4)cc3=O)cc2n1C. The zero-order valence-electron chi connectivity index (χ0n) is 18.2. The van der Waals surface area contributed by atoms with Gasteiger partial charge in [-0.15, -0.1) is 0 Å². The van der Waals surface area contributed by atoms with Crippen LogP contribution in [0.1, 0.15) is 18.3 Å². The second-order valence-corrected chi connectivity index (χ2v) is 7.72. The maximum absolute atomic E-state index is 12.7. The van der Waals surface area contributed by atoms with Gasteiger partial charge in [0.15, 0.2) is 0 Å². The van der Waals surface area contributed by atoms with Crippen LogP contribution in [0.25, 0.3) is 22.7 Å². The zero-order chi connectivity index (χ0) is 23.4. The molecule has 1 aromatic carbocycles. The molecule has 0 N–H and O–H groups in total. The van der Waals surface area contributed by atoms with Crippen LogP contribution in [0.3, 0.4) is 0 Å². The lowest BCUT2D eigenvalue weighted by Crippen LogP contribution is -2.16. The summed E-state index contributed by atoms with van der Waals surface area (Å²) in [5.74, 6) is 0.0727. The summed E-state index contributed by atoms with van der Waals surface area (Å²) in [7, 11) is 1.90. The number of hydrogen-bond donors (Lipinski definition) is 0. The topological polar surface area (TPSA) is 75.3 Å². The highest BCUT2D eigenvalue weighted by Gasteiger charge is 2.08. The molecule has 0 saturated heterocycles. The van der Waals surface area contributed by atoms with E-state index in [0.29, 0.717) is 23.1 Å². The quantitative estimate of drug-likeness (QED) is 0.297. The minimum atomic E-state index is -0.385. The molecule has 0 aliphatic carbocycles. The first-order valence-corrected chi connectivity index (χ1v) is 10.7. The number of carbonyl (C=O) groups excluding carboxylic acids is 1. The van der Waals surface area contributed by atoms with Crippen LogP contribution in [-0.4, -0.2) is 26.7 Å². The van der Waals surface area contributed by atoms with Crippen molar-refractivity contribution >= 4 is 34.5 Å². The Bertz CT molecular complexity index is 1390. The van der Waals surface area contributed by atoms with Gasteiger partial charge in [-0.3, -0.25) is 14.3 Å². The predicted molar refractivity (Wildman–Crippen MR) is 128 cm³/mol. The van der Waals surface area contributed by atoms with Gasteiger partial charge in [0.25, 0.3) is 5.56 Å². The highest BCUT2D eigenvalue weighted by molar-refractivity contribution is 6.30. The van der Waals surface area contributed by atoms with Crippen LogP contribution in [0.4, 0.5) is 0 Å². The average Bonchev–Trinajstić information content (AvgIpc) is 3.12. The number of pyridine rings is 2. The van der Waals surface area contributed by atoms with Gasteiger partial charge in [0.1, 0.15) is 12.4 Å². The van der Waals surface area contributed by atoms with Gasteiger partial charge < -0.3 is 14.0 Å². The largest absolute Gasteiger partial charge is 0.487 e. The number of rotatable bonds is 7. The Morgan fingerprint density at radius 3 is 2.73 bits per heavy atom. The second kappa shape index (κ2) is 9.75. The standard InChI is InChI=1S/C25H22ClN3O4/c1-3-32-25(31)9-8-20-12-17-4-7-21(13-23(17)28(20)2)29-11-10-22(14-24(29)30)33-16-19-6-5-18(26)15-27-19/h4-15H,3,16H2,1-2H3. The lowest BCUT2D eigenvalue weighted by molar-refractivity contribution is -0.137. The first-order chi connectivity index (χ1) is 15.9. The minimum absolute atomic E-state index is 0.215. The number of aryl methyl sites for hydroxylation is 1. The number of nitrogens with zero attached hydrogens (tertiary/aromatic N) is 3. The maximum Gasteiger partial charge on any atom is 0.330 e. The third-order valence-corrected chi connectivity index (χ3v) is 5.31. The van der Waals surface area contributed by atoms with Gasteiger partial charge in [-0.2, -0.15) is 0 Å². The first-order valence-electron chi connectivity index (χ1n) is 10.3. The van der Waals surface area contributed by atoms with Crippen LogP contribution < -0.4 is 10.3 Å². The van der Waals surface area contributed by atoms with Crippen molar-refractivity contribution in [3.63, 3.8) is 0 Å². The Kier molecular flexibility index (Phi) is 6.60. The second-order valence-electron chi connectivity index (χ2n) is 7.28. The number of fused-ring (bicyclic) bond motifs is 1. The zero-order valence-corrected chi connectivity index (χ0v) is 19.0. The Morgan fingerprint density at radius 1 is 1.15 bits per heavy atom. The van der Waals surface area contributed by atoms with E-state index in [9.17, 15) is 9.59 Å². The van der Waals surface area contributed by atoms with Crippen LogP contribution in [0.2, 0.25) is 5.02 Å². The Labute approximate surface area is 195 Å². The molecular weight excluding hydrogens is 442 g/mol. The van der Waals surface area contributed by atoms with Gasteiger partial charge in [-0.25, -0.2) is 4.79 Å². The number of hydrogen-bond acceptors (Lipinski definition) is 5. The summed E-state index contributed by atoms with van der Waals surface area (Å²) in [6.45, 7) is 2.33. The molecule has 33 heavy (non-hydrogen) atoms. The number of benzene rings is 1. The number of carbonyl (C=O) groups is 1. The monoisotopic (exact) mass is 463 g/mol. The Morgan fingerprint density at radius 2 is 2.00 bits per heavy atom. The molecule has 0 atom stereocenters. The van der Waals surface area contributed by atoms with Gasteiger partial charge in [0, 0.05) is 42.7 Å². The molecule has 3 aromatic heterocycles. The van der Waals surface area contributed by atoms with E-state index < -0.39 is 0 Å². The van der Waals surface area contributed by atoms with Crippen molar-refractivity contribution in [2.24, 2.45) is 7.05 Å². The average molecular weight is 464 g/mol. The van der Waals surface area contributed by atoms with Gasteiger partial charge in [-0.1, -0.05) is 17.7 Å². The van der Waals surface area contributed by atoms with Gasteiger partial charge in [0.05, 0.1) is 28.5 Å². The van der Waals surface area contributed by atoms with Crippen molar-refractivity contribution in [3.05, 3.63) is 93.8 Å². The van der Waals surface area contributed by atoms with Crippen molar-refractivity contribution in [3.8, 4) is 11.4 Å². The van der Waals surface area contributed by atoms with Gasteiger partial charge in [-0.05, 0) is 49.4 Å². The third-order valence-electron chi connectivity index (χ3n) is 5.09. The van der Waals surface area contributed by atoms with E-state index in [2.05, 4.69) is 4.98 Å². The molecule has 0 bridgehead atoms. The number of aromatic nitrogens is 3. The van der Waals surface area contributed by atoms with Crippen molar-refractivity contribution in [2.45, 2.75) is 13.5 Å². The fourth-order valence-corrected chi connectivity index (χ4v) is 3.52. The van der Waals surface area contributed by atoms with E-state index >= 15 is 0 Å². The van der Waals surface area contributed by atoms with Gasteiger partial charge in [0.2, 0.25) is 0 Å². The van der Waals surface area contributed by atoms with E-state index in [1.807, 2.05) is 35.9 Å². The summed E-state index contributed by atoms with van der Waals surface area (Å²) in [6, 6.07) is 14.4. The predicted octanol–water partition coefficient (Wildman–Crippen LogP) is 4.53. The van der Waals surface area contributed by atoms with E-state index in [1.54, 1.807) is 48.2 Å². The number of esters is 1. The molecule has 0 fully saturated rings. The molecule has 7 nitrogen and oxygen atoms in total. The van der Waals surface area contributed by atoms with Gasteiger partial charge >= 0.3 is 5.97 Å². The molecule has 3 heterocycles. The molecule has 0 spiro atoms. The Balaban J connectivity index is 1.55. The summed E-state index contributed by atoms with van der Waals surface area (Å²) < 4.78 is 14.1. The van der Waals surface area contributed by atoms with Crippen molar-refractivity contribution < 1.29 is 14.3 Å². The van der Waals surface area contributed by atoms with E-state index in [-0.39, 0.29) is 18.1 Å². The molecule has 0 aliphatic rings. The van der Waals surface area contributed by atoms with Crippen LogP contribution in [0.15, 0.2) is 71.8 Å². The molecule has 0 aliphatic heterocycles. The third kappa shape index (κ3) is 5.15. The molecular formula is C25H22ClN3O4. The number of ether oxygens (including phenoxy) is 2. The summed E-state index contributed by atoms with van der Waals surface area (Å²) in [6.07, 6.45) is 6.35. The summed E-state index contributed by atoms with van der Waals surface area (Å²) in [5.41, 5.74) is 3.00. The van der Waals surface area contributed by atoms with Crippen LogP contribution >= 0.6 is 11.6 Å².